The molecule has 0 N–H and O–H groups in total. The summed E-state index contributed by atoms with van der Waals surface area (Å²) < 4.78 is 43.2. The molecular formula is C12H14BrF3O. The molecule has 0 fully saturated rings. The summed E-state index contributed by atoms with van der Waals surface area (Å²) >= 11 is 3.31. The Morgan fingerprint density at radius 3 is 2.47 bits per heavy atom. The van der Waals surface area contributed by atoms with E-state index in [9.17, 15) is 13.2 Å². The van der Waals surface area contributed by atoms with Gasteiger partial charge in [-0.05, 0) is 18.6 Å². The Morgan fingerprint density at radius 2 is 1.94 bits per heavy atom. The van der Waals surface area contributed by atoms with Crippen molar-refractivity contribution in [3.63, 3.8) is 0 Å². The summed E-state index contributed by atoms with van der Waals surface area (Å²) in [4.78, 5) is 0. The average molecular weight is 311 g/mol. The van der Waals surface area contributed by atoms with Crippen molar-refractivity contribution in [1.82, 2.24) is 0 Å². The van der Waals surface area contributed by atoms with Crippen LogP contribution in [-0.2, 0) is 6.18 Å². The van der Waals surface area contributed by atoms with Crippen LogP contribution in [0.1, 0.15) is 18.9 Å². The van der Waals surface area contributed by atoms with Gasteiger partial charge in [-0.3, -0.25) is 0 Å². The third kappa shape index (κ3) is 4.22. The SMILES string of the molecule is CCC(CBr)COc1ccccc1C(F)(F)F. The van der Waals surface area contributed by atoms with Gasteiger partial charge in [0, 0.05) is 11.2 Å². The summed E-state index contributed by atoms with van der Waals surface area (Å²) in [5, 5.41) is 0.720. The molecular weight excluding hydrogens is 297 g/mol. The minimum atomic E-state index is -4.37. The van der Waals surface area contributed by atoms with Crippen molar-refractivity contribution in [2.45, 2.75) is 19.5 Å². The number of ether oxygens (including phenoxy) is 1. The van der Waals surface area contributed by atoms with Crippen molar-refractivity contribution >= 4 is 15.9 Å². The van der Waals surface area contributed by atoms with E-state index < -0.39 is 11.7 Å². The second kappa shape index (κ2) is 6.28. The zero-order chi connectivity index (χ0) is 12.9. The Hall–Kier alpha value is -0.710. The molecule has 0 bridgehead atoms. The van der Waals surface area contributed by atoms with Crippen LogP contribution in [0.3, 0.4) is 0 Å². The zero-order valence-corrected chi connectivity index (χ0v) is 11.0. The van der Waals surface area contributed by atoms with Gasteiger partial charge in [0.05, 0.1) is 12.2 Å². The van der Waals surface area contributed by atoms with Gasteiger partial charge in [0.15, 0.2) is 0 Å². The van der Waals surface area contributed by atoms with Gasteiger partial charge in [-0.15, -0.1) is 0 Å². The second-order valence-electron chi connectivity index (χ2n) is 3.73. The fourth-order valence-electron chi connectivity index (χ4n) is 1.31. The number of benzene rings is 1. The van der Waals surface area contributed by atoms with Crippen LogP contribution in [0, 0.1) is 5.92 Å². The van der Waals surface area contributed by atoms with Crippen LogP contribution < -0.4 is 4.74 Å². The highest BCUT2D eigenvalue weighted by Crippen LogP contribution is 2.36. The van der Waals surface area contributed by atoms with Crippen molar-refractivity contribution in [3.8, 4) is 5.75 Å². The molecule has 0 aliphatic carbocycles. The highest BCUT2D eigenvalue weighted by molar-refractivity contribution is 9.09. The first-order valence-electron chi connectivity index (χ1n) is 5.34. The van der Waals surface area contributed by atoms with E-state index in [4.69, 9.17) is 4.74 Å². The van der Waals surface area contributed by atoms with Gasteiger partial charge in [0.2, 0.25) is 0 Å². The van der Waals surface area contributed by atoms with E-state index in [-0.39, 0.29) is 18.3 Å². The lowest BCUT2D eigenvalue weighted by Gasteiger charge is -2.16. The first-order valence-corrected chi connectivity index (χ1v) is 6.46. The lowest BCUT2D eigenvalue weighted by molar-refractivity contribution is -0.139. The Morgan fingerprint density at radius 1 is 1.29 bits per heavy atom. The smallest absolute Gasteiger partial charge is 0.419 e. The number of hydrogen-bond donors (Lipinski definition) is 0. The minimum Gasteiger partial charge on any atom is -0.493 e. The zero-order valence-electron chi connectivity index (χ0n) is 9.43. The summed E-state index contributed by atoms with van der Waals surface area (Å²) in [5.74, 6) is 0.121. The van der Waals surface area contributed by atoms with Crippen LogP contribution in [0.4, 0.5) is 13.2 Å². The summed E-state index contributed by atoms with van der Waals surface area (Å²) in [6.45, 7) is 2.26. The number of rotatable bonds is 5. The molecule has 0 spiro atoms. The van der Waals surface area contributed by atoms with E-state index in [0.29, 0.717) is 0 Å². The van der Waals surface area contributed by atoms with E-state index in [1.165, 1.54) is 12.1 Å². The van der Waals surface area contributed by atoms with E-state index in [1.807, 2.05) is 6.92 Å². The number of hydrogen-bond acceptors (Lipinski definition) is 1. The van der Waals surface area contributed by atoms with Crippen LogP contribution in [0.15, 0.2) is 24.3 Å². The van der Waals surface area contributed by atoms with E-state index in [1.54, 1.807) is 6.07 Å². The Balaban J connectivity index is 2.77. The third-order valence-electron chi connectivity index (χ3n) is 2.46. The molecule has 0 saturated carbocycles. The van der Waals surface area contributed by atoms with Gasteiger partial charge in [-0.25, -0.2) is 0 Å². The van der Waals surface area contributed by atoms with E-state index in [2.05, 4.69) is 15.9 Å². The van der Waals surface area contributed by atoms with Crippen LogP contribution in [-0.4, -0.2) is 11.9 Å². The molecule has 0 aromatic heterocycles. The molecule has 1 unspecified atom stereocenters. The van der Waals surface area contributed by atoms with Crippen molar-refractivity contribution in [1.29, 1.82) is 0 Å². The lowest BCUT2D eigenvalue weighted by Crippen LogP contribution is -2.15. The summed E-state index contributed by atoms with van der Waals surface area (Å²) in [5.41, 5.74) is -0.718. The first-order chi connectivity index (χ1) is 7.99. The molecule has 5 heteroatoms. The molecule has 0 aliphatic heterocycles. The van der Waals surface area contributed by atoms with Crippen molar-refractivity contribution in [3.05, 3.63) is 29.8 Å². The second-order valence-corrected chi connectivity index (χ2v) is 4.38. The fraction of sp³-hybridized carbons (Fsp3) is 0.500. The third-order valence-corrected chi connectivity index (χ3v) is 3.38. The molecule has 1 aromatic rings. The predicted octanol–water partition coefficient (Wildman–Crippen LogP) is 4.51. The maximum Gasteiger partial charge on any atom is 0.419 e. The number of halogens is 4. The highest BCUT2D eigenvalue weighted by Gasteiger charge is 2.34. The molecule has 0 heterocycles. The highest BCUT2D eigenvalue weighted by atomic mass is 79.9. The first kappa shape index (κ1) is 14.4. The van der Waals surface area contributed by atoms with Crippen LogP contribution in [0.25, 0.3) is 0 Å². The molecule has 0 amide bonds. The van der Waals surface area contributed by atoms with Crippen LogP contribution in [0.2, 0.25) is 0 Å². The molecule has 1 nitrogen and oxygen atoms in total. The van der Waals surface area contributed by atoms with Gasteiger partial charge in [0.1, 0.15) is 5.75 Å². The molecule has 17 heavy (non-hydrogen) atoms. The molecule has 1 aromatic carbocycles. The summed E-state index contributed by atoms with van der Waals surface area (Å²) in [6, 6.07) is 5.28. The van der Waals surface area contributed by atoms with Crippen LogP contribution >= 0.6 is 15.9 Å². The van der Waals surface area contributed by atoms with Crippen molar-refractivity contribution in [2.75, 3.05) is 11.9 Å². The lowest BCUT2D eigenvalue weighted by atomic mass is 10.1. The quantitative estimate of drug-likeness (QED) is 0.727. The van der Waals surface area contributed by atoms with Gasteiger partial charge in [-0.2, -0.15) is 13.2 Å². The predicted molar refractivity (Wildman–Crippen MR) is 64.5 cm³/mol. The Labute approximate surface area is 107 Å². The largest absolute Gasteiger partial charge is 0.493 e. The maximum atomic E-state index is 12.6. The van der Waals surface area contributed by atoms with Gasteiger partial charge in [0.25, 0.3) is 0 Å². The molecule has 1 atom stereocenters. The Kier molecular flexibility index (Phi) is 5.31. The monoisotopic (exact) mass is 310 g/mol. The summed E-state index contributed by atoms with van der Waals surface area (Å²) in [6.07, 6.45) is -3.51. The normalized spacial score (nSPS) is 13.5. The van der Waals surface area contributed by atoms with Crippen molar-refractivity contribution in [2.24, 2.45) is 5.92 Å². The van der Waals surface area contributed by atoms with Gasteiger partial charge < -0.3 is 4.74 Å². The summed E-state index contributed by atoms with van der Waals surface area (Å²) in [7, 11) is 0. The molecule has 0 saturated heterocycles. The van der Waals surface area contributed by atoms with E-state index >= 15 is 0 Å². The molecule has 0 aliphatic rings. The molecule has 1 rings (SSSR count). The topological polar surface area (TPSA) is 9.23 Å². The fourth-order valence-corrected chi connectivity index (χ4v) is 1.95. The maximum absolute atomic E-state index is 12.6. The van der Waals surface area contributed by atoms with Gasteiger partial charge >= 0.3 is 6.18 Å². The standard InChI is InChI=1S/C12H14BrF3O/c1-2-9(7-13)8-17-11-6-4-3-5-10(11)12(14,15)16/h3-6,9H,2,7-8H2,1H3. The van der Waals surface area contributed by atoms with E-state index in [0.717, 1.165) is 17.8 Å². The Bertz CT molecular complexity index is 348. The number of para-hydroxylation sites is 1. The minimum absolute atomic E-state index is 0.0978. The van der Waals surface area contributed by atoms with Crippen LogP contribution in [0.5, 0.6) is 5.75 Å². The van der Waals surface area contributed by atoms with Crippen molar-refractivity contribution < 1.29 is 17.9 Å². The molecule has 0 radical (unpaired) electrons. The number of alkyl halides is 4. The van der Waals surface area contributed by atoms with Gasteiger partial charge in [-0.1, -0.05) is 35.0 Å². The molecule has 96 valence electrons. The average Bonchev–Trinajstić information content (AvgIpc) is 2.29.